The van der Waals surface area contributed by atoms with Gasteiger partial charge in [-0.2, -0.15) is 5.10 Å². The topological polar surface area (TPSA) is 50.9 Å². The standard InChI is InChI=1S/C11H13N3O/c1-9-3-2-4-10(5-9)6-14-11(7-15)12-8-13-14/h2-5,8,15H,6-7H2,1H3. The van der Waals surface area contributed by atoms with E-state index < -0.39 is 0 Å². The van der Waals surface area contributed by atoms with Crippen LogP contribution in [0.15, 0.2) is 30.6 Å². The van der Waals surface area contributed by atoms with Gasteiger partial charge in [0.25, 0.3) is 0 Å². The van der Waals surface area contributed by atoms with Gasteiger partial charge >= 0.3 is 0 Å². The highest BCUT2D eigenvalue weighted by Gasteiger charge is 2.03. The van der Waals surface area contributed by atoms with Crippen molar-refractivity contribution in [2.45, 2.75) is 20.1 Å². The summed E-state index contributed by atoms with van der Waals surface area (Å²) in [5.74, 6) is 0.594. The number of nitrogens with zero attached hydrogens (tertiary/aromatic N) is 3. The molecule has 0 atom stereocenters. The lowest BCUT2D eigenvalue weighted by atomic mass is 10.1. The Morgan fingerprint density at radius 3 is 3.00 bits per heavy atom. The molecule has 0 aliphatic heterocycles. The molecule has 0 saturated carbocycles. The van der Waals surface area contributed by atoms with Crippen LogP contribution in [-0.4, -0.2) is 19.9 Å². The van der Waals surface area contributed by atoms with Crippen molar-refractivity contribution < 1.29 is 5.11 Å². The summed E-state index contributed by atoms with van der Waals surface area (Å²) in [6.07, 6.45) is 1.46. The van der Waals surface area contributed by atoms with Crippen LogP contribution in [0.3, 0.4) is 0 Å². The highest BCUT2D eigenvalue weighted by Crippen LogP contribution is 2.06. The molecule has 15 heavy (non-hydrogen) atoms. The van der Waals surface area contributed by atoms with E-state index in [-0.39, 0.29) is 6.61 Å². The van der Waals surface area contributed by atoms with Crippen molar-refractivity contribution in [3.05, 3.63) is 47.5 Å². The molecule has 0 fully saturated rings. The van der Waals surface area contributed by atoms with Gasteiger partial charge in [0.05, 0.1) is 6.54 Å². The van der Waals surface area contributed by atoms with Crippen LogP contribution in [-0.2, 0) is 13.2 Å². The maximum atomic E-state index is 9.02. The van der Waals surface area contributed by atoms with Crippen LogP contribution in [0.25, 0.3) is 0 Å². The molecule has 0 unspecified atom stereocenters. The molecular weight excluding hydrogens is 190 g/mol. The second-order valence-corrected chi connectivity index (χ2v) is 3.48. The van der Waals surface area contributed by atoms with Gasteiger partial charge in [-0.05, 0) is 12.5 Å². The minimum atomic E-state index is -0.0776. The number of hydrogen-bond donors (Lipinski definition) is 1. The van der Waals surface area contributed by atoms with Gasteiger partial charge in [0.1, 0.15) is 12.9 Å². The van der Waals surface area contributed by atoms with Crippen LogP contribution in [0.5, 0.6) is 0 Å². The van der Waals surface area contributed by atoms with E-state index in [0.717, 1.165) is 5.56 Å². The zero-order valence-electron chi connectivity index (χ0n) is 8.59. The van der Waals surface area contributed by atoms with Crippen LogP contribution in [0.1, 0.15) is 17.0 Å². The number of hydrogen-bond acceptors (Lipinski definition) is 3. The summed E-state index contributed by atoms with van der Waals surface area (Å²) in [5.41, 5.74) is 2.38. The number of aliphatic hydroxyl groups is 1. The van der Waals surface area contributed by atoms with Crippen LogP contribution in [0.2, 0.25) is 0 Å². The first kappa shape index (κ1) is 9.86. The van der Waals surface area contributed by atoms with Gasteiger partial charge in [0.2, 0.25) is 0 Å². The van der Waals surface area contributed by atoms with Crippen molar-refractivity contribution in [3.63, 3.8) is 0 Å². The molecule has 0 aliphatic carbocycles. The average molecular weight is 203 g/mol. The molecule has 0 spiro atoms. The van der Waals surface area contributed by atoms with E-state index in [1.165, 1.54) is 11.9 Å². The fraction of sp³-hybridized carbons (Fsp3) is 0.273. The van der Waals surface area contributed by atoms with Gasteiger partial charge in [-0.25, -0.2) is 9.67 Å². The number of aliphatic hydroxyl groups excluding tert-OH is 1. The van der Waals surface area contributed by atoms with Gasteiger partial charge in [0, 0.05) is 0 Å². The molecule has 2 rings (SSSR count). The van der Waals surface area contributed by atoms with Gasteiger partial charge in [-0.15, -0.1) is 0 Å². The normalized spacial score (nSPS) is 10.5. The molecule has 1 N–H and O–H groups in total. The van der Waals surface area contributed by atoms with Crippen molar-refractivity contribution in [2.24, 2.45) is 0 Å². The predicted molar refractivity (Wildman–Crippen MR) is 56.2 cm³/mol. The Morgan fingerprint density at radius 1 is 1.40 bits per heavy atom. The maximum Gasteiger partial charge on any atom is 0.152 e. The summed E-state index contributed by atoms with van der Waals surface area (Å²) in [6.45, 7) is 2.63. The molecule has 0 bridgehead atoms. The van der Waals surface area contributed by atoms with Crippen LogP contribution in [0, 0.1) is 6.92 Å². The molecule has 0 aliphatic rings. The van der Waals surface area contributed by atoms with Crippen molar-refractivity contribution in [2.75, 3.05) is 0 Å². The minimum Gasteiger partial charge on any atom is -0.388 e. The van der Waals surface area contributed by atoms with E-state index in [2.05, 4.69) is 29.1 Å². The van der Waals surface area contributed by atoms with Crippen molar-refractivity contribution >= 4 is 0 Å². The summed E-state index contributed by atoms with van der Waals surface area (Å²) in [4.78, 5) is 3.96. The fourth-order valence-electron chi connectivity index (χ4n) is 1.53. The molecule has 0 saturated heterocycles. The fourth-order valence-corrected chi connectivity index (χ4v) is 1.53. The number of aromatic nitrogens is 3. The minimum absolute atomic E-state index is 0.0776. The lowest BCUT2D eigenvalue weighted by Gasteiger charge is -2.04. The Kier molecular flexibility index (Phi) is 2.78. The first-order valence-electron chi connectivity index (χ1n) is 4.82. The van der Waals surface area contributed by atoms with Crippen molar-refractivity contribution in [1.82, 2.24) is 14.8 Å². The Hall–Kier alpha value is -1.68. The van der Waals surface area contributed by atoms with Crippen molar-refractivity contribution in [3.8, 4) is 0 Å². The molecule has 4 nitrogen and oxygen atoms in total. The monoisotopic (exact) mass is 203 g/mol. The molecular formula is C11H13N3O. The van der Waals surface area contributed by atoms with E-state index in [1.807, 2.05) is 12.1 Å². The molecule has 1 aromatic carbocycles. The Bertz CT molecular complexity index is 451. The van der Waals surface area contributed by atoms with E-state index >= 15 is 0 Å². The third-order valence-electron chi connectivity index (χ3n) is 2.25. The summed E-state index contributed by atoms with van der Waals surface area (Å²) in [7, 11) is 0. The Balaban J connectivity index is 2.22. The second kappa shape index (κ2) is 4.23. The molecule has 78 valence electrons. The maximum absolute atomic E-state index is 9.02. The number of rotatable bonds is 3. The van der Waals surface area contributed by atoms with E-state index in [9.17, 15) is 0 Å². The number of benzene rings is 1. The summed E-state index contributed by atoms with van der Waals surface area (Å²) < 4.78 is 1.70. The predicted octanol–water partition coefficient (Wildman–Crippen LogP) is 1.13. The summed E-state index contributed by atoms with van der Waals surface area (Å²) >= 11 is 0. The second-order valence-electron chi connectivity index (χ2n) is 3.48. The zero-order chi connectivity index (χ0) is 10.7. The lowest BCUT2D eigenvalue weighted by Crippen LogP contribution is -2.06. The third-order valence-corrected chi connectivity index (χ3v) is 2.25. The highest BCUT2D eigenvalue weighted by molar-refractivity contribution is 5.22. The van der Waals surface area contributed by atoms with Gasteiger partial charge in [0.15, 0.2) is 5.82 Å². The van der Waals surface area contributed by atoms with E-state index in [4.69, 9.17) is 5.11 Å². The summed E-state index contributed by atoms with van der Waals surface area (Å²) in [5, 5.41) is 13.1. The summed E-state index contributed by atoms with van der Waals surface area (Å²) in [6, 6.07) is 8.21. The van der Waals surface area contributed by atoms with Crippen molar-refractivity contribution in [1.29, 1.82) is 0 Å². The van der Waals surface area contributed by atoms with E-state index in [1.54, 1.807) is 4.68 Å². The van der Waals surface area contributed by atoms with Gasteiger partial charge < -0.3 is 5.11 Å². The number of aryl methyl sites for hydroxylation is 1. The average Bonchev–Trinajstić information content (AvgIpc) is 2.65. The molecule has 0 radical (unpaired) electrons. The van der Waals surface area contributed by atoms with Gasteiger partial charge in [-0.3, -0.25) is 0 Å². The Morgan fingerprint density at radius 2 is 2.27 bits per heavy atom. The van der Waals surface area contributed by atoms with E-state index in [0.29, 0.717) is 12.4 Å². The largest absolute Gasteiger partial charge is 0.388 e. The zero-order valence-corrected chi connectivity index (χ0v) is 8.59. The van der Waals surface area contributed by atoms with Crippen LogP contribution < -0.4 is 0 Å². The smallest absolute Gasteiger partial charge is 0.152 e. The molecule has 0 amide bonds. The van der Waals surface area contributed by atoms with Crippen LogP contribution >= 0.6 is 0 Å². The Labute approximate surface area is 88.2 Å². The van der Waals surface area contributed by atoms with Crippen LogP contribution in [0.4, 0.5) is 0 Å². The molecule has 1 heterocycles. The molecule has 1 aromatic heterocycles. The van der Waals surface area contributed by atoms with Gasteiger partial charge in [-0.1, -0.05) is 29.8 Å². The molecule has 2 aromatic rings. The highest BCUT2D eigenvalue weighted by atomic mass is 16.3. The first-order valence-corrected chi connectivity index (χ1v) is 4.82. The molecule has 4 heteroatoms. The quantitative estimate of drug-likeness (QED) is 0.813. The first-order chi connectivity index (χ1) is 7.29. The third kappa shape index (κ3) is 2.22. The lowest BCUT2D eigenvalue weighted by molar-refractivity contribution is 0.264. The SMILES string of the molecule is Cc1cccc(Cn2ncnc2CO)c1.